The average molecular weight is 261 g/mol. The highest BCUT2D eigenvalue weighted by atomic mass is 19.4. The minimum absolute atomic E-state index is 0.0992. The smallest absolute Gasteiger partial charge is 0.396 e. The van der Waals surface area contributed by atoms with Gasteiger partial charge in [0.15, 0.2) is 0 Å². The van der Waals surface area contributed by atoms with Crippen molar-refractivity contribution in [3.8, 4) is 0 Å². The van der Waals surface area contributed by atoms with Gasteiger partial charge in [0.25, 0.3) is 0 Å². The third kappa shape index (κ3) is 4.66. The lowest BCUT2D eigenvalue weighted by atomic mass is 10.1. The first-order valence-electron chi connectivity index (χ1n) is 5.92. The van der Waals surface area contributed by atoms with Gasteiger partial charge in [0.05, 0.1) is 5.56 Å². The molecule has 2 N–H and O–H groups in total. The molecule has 5 heteroatoms. The van der Waals surface area contributed by atoms with E-state index < -0.39 is 11.7 Å². The summed E-state index contributed by atoms with van der Waals surface area (Å²) in [4.78, 5) is 0. The largest absolute Gasteiger partial charge is 0.416 e. The number of rotatable bonds is 6. The highest BCUT2D eigenvalue weighted by Gasteiger charge is 2.32. The van der Waals surface area contributed by atoms with Crippen LogP contribution in [0.3, 0.4) is 0 Å². The molecule has 0 aromatic heterocycles. The lowest BCUT2D eigenvalue weighted by Gasteiger charge is -2.15. The molecule has 0 aliphatic rings. The molecule has 0 saturated carbocycles. The van der Waals surface area contributed by atoms with Crippen molar-refractivity contribution >= 4 is 0 Å². The van der Waals surface area contributed by atoms with Crippen LogP contribution in [0.1, 0.15) is 24.5 Å². The summed E-state index contributed by atoms with van der Waals surface area (Å²) in [6.45, 7) is 2.82. The Morgan fingerprint density at radius 1 is 1.28 bits per heavy atom. The van der Waals surface area contributed by atoms with Crippen LogP contribution in [-0.2, 0) is 12.7 Å². The second kappa shape index (κ2) is 6.75. The Morgan fingerprint density at radius 2 is 1.94 bits per heavy atom. The number of aliphatic hydroxyl groups excluding tert-OH is 1. The summed E-state index contributed by atoms with van der Waals surface area (Å²) in [6.07, 6.45) is -3.66. The Kier molecular flexibility index (Phi) is 5.62. The highest BCUT2D eigenvalue weighted by molar-refractivity contribution is 5.29. The normalized spacial score (nSPS) is 13.6. The minimum atomic E-state index is -4.31. The molecule has 102 valence electrons. The molecule has 0 bridgehead atoms. The molecule has 0 fully saturated rings. The molecular weight excluding hydrogens is 243 g/mol. The van der Waals surface area contributed by atoms with Crippen molar-refractivity contribution in [2.75, 3.05) is 13.2 Å². The molecule has 0 saturated heterocycles. The molecule has 1 aromatic carbocycles. The molecule has 1 rings (SSSR count). The summed E-state index contributed by atoms with van der Waals surface area (Å²) in [6, 6.07) is 5.56. The monoisotopic (exact) mass is 261 g/mol. The SMILES string of the molecule is CC(CCO)CNCc1ccccc1C(F)(F)F. The Balaban J connectivity index is 2.57. The minimum Gasteiger partial charge on any atom is -0.396 e. The van der Waals surface area contributed by atoms with Crippen LogP contribution in [0.4, 0.5) is 13.2 Å². The van der Waals surface area contributed by atoms with Gasteiger partial charge in [-0.1, -0.05) is 25.1 Å². The second-order valence-corrected chi connectivity index (χ2v) is 4.40. The molecule has 0 aliphatic heterocycles. The fourth-order valence-electron chi connectivity index (χ4n) is 1.73. The van der Waals surface area contributed by atoms with Crippen LogP contribution in [0.2, 0.25) is 0 Å². The molecule has 0 amide bonds. The van der Waals surface area contributed by atoms with Crippen molar-refractivity contribution in [1.82, 2.24) is 5.32 Å². The Morgan fingerprint density at radius 3 is 2.56 bits per heavy atom. The number of alkyl halides is 3. The quantitative estimate of drug-likeness (QED) is 0.825. The maximum absolute atomic E-state index is 12.7. The van der Waals surface area contributed by atoms with Crippen molar-refractivity contribution < 1.29 is 18.3 Å². The number of aliphatic hydroxyl groups is 1. The summed E-state index contributed by atoms with van der Waals surface area (Å²) < 4.78 is 38.1. The van der Waals surface area contributed by atoms with Gasteiger partial charge in [-0.05, 0) is 30.5 Å². The van der Waals surface area contributed by atoms with Crippen LogP contribution in [-0.4, -0.2) is 18.3 Å². The molecule has 18 heavy (non-hydrogen) atoms. The first-order valence-corrected chi connectivity index (χ1v) is 5.92. The molecular formula is C13H18F3NO. The Bertz CT molecular complexity index is 365. The number of nitrogens with one attached hydrogen (secondary N) is 1. The van der Waals surface area contributed by atoms with Gasteiger partial charge in [0.2, 0.25) is 0 Å². The maximum atomic E-state index is 12.7. The van der Waals surface area contributed by atoms with Gasteiger partial charge >= 0.3 is 6.18 Å². The van der Waals surface area contributed by atoms with Crippen LogP contribution in [0.5, 0.6) is 0 Å². The van der Waals surface area contributed by atoms with Gasteiger partial charge in [0, 0.05) is 13.2 Å². The van der Waals surface area contributed by atoms with Gasteiger partial charge in [0.1, 0.15) is 0 Å². The fraction of sp³-hybridized carbons (Fsp3) is 0.538. The molecule has 0 radical (unpaired) electrons. The first kappa shape index (κ1) is 15.0. The van der Waals surface area contributed by atoms with Crippen molar-refractivity contribution in [3.63, 3.8) is 0 Å². The number of hydrogen-bond acceptors (Lipinski definition) is 2. The topological polar surface area (TPSA) is 32.3 Å². The van der Waals surface area contributed by atoms with Crippen molar-refractivity contribution in [2.24, 2.45) is 5.92 Å². The van der Waals surface area contributed by atoms with E-state index >= 15 is 0 Å². The summed E-state index contributed by atoms with van der Waals surface area (Å²) >= 11 is 0. The van der Waals surface area contributed by atoms with Gasteiger partial charge < -0.3 is 10.4 Å². The van der Waals surface area contributed by atoms with Crippen molar-refractivity contribution in [1.29, 1.82) is 0 Å². The maximum Gasteiger partial charge on any atom is 0.416 e. The zero-order valence-electron chi connectivity index (χ0n) is 10.3. The number of hydrogen-bond donors (Lipinski definition) is 2. The summed E-state index contributed by atoms with van der Waals surface area (Å²) in [5, 5.41) is 11.7. The predicted octanol–water partition coefficient (Wildman–Crippen LogP) is 2.81. The van der Waals surface area contributed by atoms with Crippen molar-refractivity contribution in [2.45, 2.75) is 26.1 Å². The molecule has 2 nitrogen and oxygen atoms in total. The third-order valence-electron chi connectivity index (χ3n) is 2.75. The molecule has 0 heterocycles. The van der Waals surface area contributed by atoms with E-state index in [0.29, 0.717) is 13.0 Å². The third-order valence-corrected chi connectivity index (χ3v) is 2.75. The van der Waals surface area contributed by atoms with Gasteiger partial charge in [-0.3, -0.25) is 0 Å². The molecule has 0 spiro atoms. The Hall–Kier alpha value is -1.07. The lowest BCUT2D eigenvalue weighted by Crippen LogP contribution is -2.23. The summed E-state index contributed by atoms with van der Waals surface area (Å²) in [5.41, 5.74) is -0.339. The van der Waals surface area contributed by atoms with E-state index in [1.807, 2.05) is 6.92 Å². The lowest BCUT2D eigenvalue weighted by molar-refractivity contribution is -0.138. The van der Waals surface area contributed by atoms with Crippen LogP contribution in [0.15, 0.2) is 24.3 Å². The number of halogens is 3. The van der Waals surface area contributed by atoms with E-state index in [1.165, 1.54) is 12.1 Å². The predicted molar refractivity (Wildman–Crippen MR) is 64.0 cm³/mol. The van der Waals surface area contributed by atoms with Crippen LogP contribution in [0, 0.1) is 5.92 Å². The van der Waals surface area contributed by atoms with E-state index in [0.717, 1.165) is 6.07 Å². The summed E-state index contributed by atoms with van der Waals surface area (Å²) in [5.74, 6) is 0.244. The number of benzene rings is 1. The van der Waals surface area contributed by atoms with E-state index in [2.05, 4.69) is 5.32 Å². The second-order valence-electron chi connectivity index (χ2n) is 4.40. The van der Waals surface area contributed by atoms with Gasteiger partial charge in [-0.2, -0.15) is 13.2 Å². The van der Waals surface area contributed by atoms with E-state index in [4.69, 9.17) is 5.11 Å². The highest BCUT2D eigenvalue weighted by Crippen LogP contribution is 2.31. The first-order chi connectivity index (χ1) is 8.45. The molecule has 1 atom stereocenters. The fourth-order valence-corrected chi connectivity index (χ4v) is 1.73. The zero-order valence-corrected chi connectivity index (χ0v) is 10.3. The average Bonchev–Trinajstić information content (AvgIpc) is 2.28. The standard InChI is InChI=1S/C13H18F3NO/c1-10(6-7-18)8-17-9-11-4-2-3-5-12(11)13(14,15)16/h2-5,10,17-18H,6-9H2,1H3. The molecule has 0 aliphatic carbocycles. The zero-order chi connectivity index (χ0) is 13.6. The van der Waals surface area contributed by atoms with Crippen LogP contribution < -0.4 is 5.32 Å². The summed E-state index contributed by atoms with van der Waals surface area (Å²) in [7, 11) is 0. The van der Waals surface area contributed by atoms with Crippen LogP contribution >= 0.6 is 0 Å². The molecule has 1 aromatic rings. The van der Waals surface area contributed by atoms with Crippen LogP contribution in [0.25, 0.3) is 0 Å². The van der Waals surface area contributed by atoms with E-state index in [-0.39, 0.29) is 24.6 Å². The van der Waals surface area contributed by atoms with Gasteiger partial charge in [-0.15, -0.1) is 0 Å². The Labute approximate surface area is 105 Å². The van der Waals surface area contributed by atoms with E-state index in [9.17, 15) is 13.2 Å². The van der Waals surface area contributed by atoms with E-state index in [1.54, 1.807) is 6.07 Å². The molecule has 1 unspecified atom stereocenters. The van der Waals surface area contributed by atoms with Gasteiger partial charge in [-0.25, -0.2) is 0 Å². The van der Waals surface area contributed by atoms with Crippen molar-refractivity contribution in [3.05, 3.63) is 35.4 Å².